The lowest BCUT2D eigenvalue weighted by Crippen LogP contribution is -2.56. The Morgan fingerprint density at radius 1 is 1.43 bits per heavy atom. The monoisotopic (exact) mass is 317 g/mol. The van der Waals surface area contributed by atoms with Gasteiger partial charge in [-0.2, -0.15) is 4.31 Å². The van der Waals surface area contributed by atoms with Gasteiger partial charge in [0.25, 0.3) is 5.69 Å². The number of hydrogen-bond donors (Lipinski definition) is 1. The van der Waals surface area contributed by atoms with Crippen molar-refractivity contribution in [1.82, 2.24) is 9.62 Å². The molecule has 9 heteroatoms. The maximum absolute atomic E-state index is 13.2. The van der Waals surface area contributed by atoms with Crippen LogP contribution in [0.3, 0.4) is 0 Å². The van der Waals surface area contributed by atoms with Crippen LogP contribution < -0.4 is 5.32 Å². The van der Waals surface area contributed by atoms with Gasteiger partial charge < -0.3 is 5.32 Å². The Morgan fingerprint density at radius 2 is 2.10 bits per heavy atom. The molecule has 116 valence electrons. The molecule has 21 heavy (non-hydrogen) atoms. The fourth-order valence-corrected chi connectivity index (χ4v) is 4.16. The molecular weight excluding hydrogens is 301 g/mol. The molecule has 1 aliphatic rings. The van der Waals surface area contributed by atoms with Crippen molar-refractivity contribution >= 4 is 15.7 Å². The fraction of sp³-hybridized carbons (Fsp3) is 0.500. The number of nitro groups is 1. The summed E-state index contributed by atoms with van der Waals surface area (Å²) in [6.45, 7) is 4.20. The number of halogens is 1. The lowest BCUT2D eigenvalue weighted by Gasteiger charge is -2.36. The maximum atomic E-state index is 13.2. The first-order valence-electron chi connectivity index (χ1n) is 6.42. The van der Waals surface area contributed by atoms with Crippen LogP contribution >= 0.6 is 0 Å². The first kappa shape index (κ1) is 15.8. The zero-order valence-electron chi connectivity index (χ0n) is 11.6. The third kappa shape index (κ3) is 3.04. The molecule has 0 aliphatic carbocycles. The highest BCUT2D eigenvalue weighted by Crippen LogP contribution is 2.29. The molecule has 1 aromatic carbocycles. The number of nitro benzene ring substituents is 1. The second-order valence-electron chi connectivity index (χ2n) is 5.10. The Morgan fingerprint density at radius 3 is 2.71 bits per heavy atom. The summed E-state index contributed by atoms with van der Waals surface area (Å²) in [5, 5.41) is 14.1. The van der Waals surface area contributed by atoms with Crippen molar-refractivity contribution in [2.75, 3.05) is 13.1 Å². The molecule has 2 atom stereocenters. The van der Waals surface area contributed by atoms with Crippen LogP contribution in [-0.4, -0.2) is 42.8 Å². The average Bonchev–Trinajstić information content (AvgIpc) is 2.41. The van der Waals surface area contributed by atoms with Gasteiger partial charge >= 0.3 is 0 Å². The lowest BCUT2D eigenvalue weighted by atomic mass is 10.2. The van der Waals surface area contributed by atoms with Gasteiger partial charge in [-0.25, -0.2) is 12.8 Å². The standard InChI is InChI=1S/C12H16FN3O4S/c1-8-7-15(9(2)6-14-8)21(19,20)12-4-3-10(13)5-11(12)16(17)18/h3-5,8-9,14H,6-7H2,1-2H3. The summed E-state index contributed by atoms with van der Waals surface area (Å²) in [4.78, 5) is 9.63. The van der Waals surface area contributed by atoms with Gasteiger partial charge in [0.05, 0.1) is 11.0 Å². The molecule has 2 unspecified atom stereocenters. The predicted octanol–water partition coefficient (Wildman–Crippen LogP) is 1.10. The molecule has 0 radical (unpaired) electrons. The van der Waals surface area contributed by atoms with Gasteiger partial charge in [-0.15, -0.1) is 0 Å². The van der Waals surface area contributed by atoms with E-state index in [0.29, 0.717) is 12.6 Å². The third-order valence-corrected chi connectivity index (χ3v) is 5.44. The van der Waals surface area contributed by atoms with Gasteiger partial charge in [-0.1, -0.05) is 0 Å². The molecule has 2 rings (SSSR count). The minimum atomic E-state index is -4.05. The highest BCUT2D eigenvalue weighted by Gasteiger charge is 2.37. The lowest BCUT2D eigenvalue weighted by molar-refractivity contribution is -0.388. The van der Waals surface area contributed by atoms with Crippen LogP contribution in [0, 0.1) is 15.9 Å². The Hall–Kier alpha value is -1.58. The van der Waals surface area contributed by atoms with E-state index in [1.807, 2.05) is 6.92 Å². The van der Waals surface area contributed by atoms with Gasteiger partial charge in [0.15, 0.2) is 4.90 Å². The molecule has 0 amide bonds. The Balaban J connectivity index is 2.51. The smallest absolute Gasteiger partial charge is 0.292 e. The summed E-state index contributed by atoms with van der Waals surface area (Å²) in [5.41, 5.74) is -0.742. The van der Waals surface area contributed by atoms with Crippen molar-refractivity contribution in [2.45, 2.75) is 30.8 Å². The molecule has 1 fully saturated rings. The van der Waals surface area contributed by atoms with E-state index in [-0.39, 0.29) is 18.6 Å². The Bertz CT molecular complexity index is 664. The zero-order valence-corrected chi connectivity index (χ0v) is 12.4. The number of rotatable bonds is 3. The van der Waals surface area contributed by atoms with Crippen molar-refractivity contribution in [1.29, 1.82) is 0 Å². The number of benzene rings is 1. The van der Waals surface area contributed by atoms with Crippen LogP contribution in [0.25, 0.3) is 0 Å². The van der Waals surface area contributed by atoms with Gasteiger partial charge in [-0.3, -0.25) is 10.1 Å². The molecule has 1 saturated heterocycles. The van der Waals surface area contributed by atoms with E-state index < -0.39 is 31.3 Å². The summed E-state index contributed by atoms with van der Waals surface area (Å²) in [6.07, 6.45) is 0. The molecular formula is C12H16FN3O4S. The quantitative estimate of drug-likeness (QED) is 0.666. The largest absolute Gasteiger partial charge is 0.311 e. The summed E-state index contributed by atoms with van der Waals surface area (Å²) in [5.74, 6) is -0.845. The van der Waals surface area contributed by atoms with E-state index in [1.54, 1.807) is 6.92 Å². The molecule has 1 N–H and O–H groups in total. The van der Waals surface area contributed by atoms with E-state index in [4.69, 9.17) is 0 Å². The van der Waals surface area contributed by atoms with E-state index in [9.17, 15) is 22.9 Å². The highest BCUT2D eigenvalue weighted by molar-refractivity contribution is 7.89. The van der Waals surface area contributed by atoms with Crippen LogP contribution in [-0.2, 0) is 10.0 Å². The predicted molar refractivity (Wildman–Crippen MR) is 73.9 cm³/mol. The molecule has 7 nitrogen and oxygen atoms in total. The summed E-state index contributed by atoms with van der Waals surface area (Å²) < 4.78 is 39.7. The SMILES string of the molecule is CC1CN(S(=O)(=O)c2ccc(F)cc2[N+](=O)[O-])C(C)CN1. The van der Waals surface area contributed by atoms with Crippen LogP contribution in [0.15, 0.2) is 23.1 Å². The topological polar surface area (TPSA) is 92.5 Å². The van der Waals surface area contributed by atoms with Crippen LogP contribution in [0.2, 0.25) is 0 Å². The normalized spacial score (nSPS) is 24.0. The maximum Gasteiger partial charge on any atom is 0.292 e. The first-order valence-corrected chi connectivity index (χ1v) is 7.86. The van der Waals surface area contributed by atoms with Gasteiger partial charge in [0.2, 0.25) is 10.0 Å². The minimum absolute atomic E-state index is 0.0597. The van der Waals surface area contributed by atoms with Crippen molar-refractivity contribution < 1.29 is 17.7 Å². The molecule has 1 heterocycles. The average molecular weight is 317 g/mol. The van der Waals surface area contributed by atoms with Crippen LogP contribution in [0.1, 0.15) is 13.8 Å². The molecule has 0 bridgehead atoms. The number of hydrogen-bond acceptors (Lipinski definition) is 5. The molecule has 0 aromatic heterocycles. The minimum Gasteiger partial charge on any atom is -0.311 e. The fourth-order valence-electron chi connectivity index (χ4n) is 2.30. The second-order valence-corrected chi connectivity index (χ2v) is 6.96. The number of sulfonamides is 1. The van der Waals surface area contributed by atoms with Crippen molar-refractivity contribution in [3.63, 3.8) is 0 Å². The van der Waals surface area contributed by atoms with Crippen LogP contribution in [0.5, 0.6) is 0 Å². The molecule has 0 spiro atoms. The number of nitrogens with one attached hydrogen (secondary N) is 1. The third-order valence-electron chi connectivity index (χ3n) is 3.41. The highest BCUT2D eigenvalue weighted by atomic mass is 32.2. The van der Waals surface area contributed by atoms with E-state index in [2.05, 4.69) is 5.32 Å². The summed E-state index contributed by atoms with van der Waals surface area (Å²) in [7, 11) is -4.05. The van der Waals surface area contributed by atoms with Crippen LogP contribution in [0.4, 0.5) is 10.1 Å². The van der Waals surface area contributed by atoms with Gasteiger partial charge in [0.1, 0.15) is 5.82 Å². The number of nitrogens with zero attached hydrogens (tertiary/aromatic N) is 2. The van der Waals surface area contributed by atoms with Gasteiger partial charge in [-0.05, 0) is 26.0 Å². The molecule has 1 aromatic rings. The van der Waals surface area contributed by atoms with Gasteiger partial charge in [0, 0.05) is 25.2 Å². The Kier molecular flexibility index (Phi) is 4.26. The first-order chi connectivity index (χ1) is 9.73. The van der Waals surface area contributed by atoms with E-state index in [1.165, 1.54) is 4.31 Å². The summed E-state index contributed by atoms with van der Waals surface area (Å²) >= 11 is 0. The number of piperazine rings is 1. The molecule has 0 saturated carbocycles. The second kappa shape index (κ2) is 5.66. The van der Waals surface area contributed by atoms with E-state index in [0.717, 1.165) is 12.1 Å². The van der Waals surface area contributed by atoms with Crippen molar-refractivity contribution in [3.8, 4) is 0 Å². The molecule has 1 aliphatic heterocycles. The summed E-state index contributed by atoms with van der Waals surface area (Å²) in [6, 6.07) is 2.09. The van der Waals surface area contributed by atoms with Crippen molar-refractivity contribution in [2.24, 2.45) is 0 Å². The van der Waals surface area contributed by atoms with E-state index >= 15 is 0 Å². The van der Waals surface area contributed by atoms with Crippen molar-refractivity contribution in [3.05, 3.63) is 34.1 Å². The zero-order chi connectivity index (χ0) is 15.8. The Labute approximate surface area is 122 Å².